The summed E-state index contributed by atoms with van der Waals surface area (Å²) in [6.07, 6.45) is 4.28. The van der Waals surface area contributed by atoms with Gasteiger partial charge in [-0.3, -0.25) is 4.79 Å². The van der Waals surface area contributed by atoms with Gasteiger partial charge in [-0.2, -0.15) is 0 Å². The minimum Gasteiger partial charge on any atom is -0.357 e. The Bertz CT molecular complexity index is 907. The van der Waals surface area contributed by atoms with Gasteiger partial charge in [-0.05, 0) is 38.0 Å². The molecule has 2 N–H and O–H groups in total. The smallest absolute Gasteiger partial charge is 0.225 e. The number of likely N-dealkylation sites (tertiary alicyclic amines) is 1. The summed E-state index contributed by atoms with van der Waals surface area (Å²) in [6.45, 7) is 10.2. The molecule has 0 radical (unpaired) electrons. The first-order chi connectivity index (χ1) is 14.4. The molecule has 1 aliphatic heterocycles. The van der Waals surface area contributed by atoms with Gasteiger partial charge in [0.25, 0.3) is 0 Å². The Morgan fingerprint density at radius 1 is 1.40 bits per heavy atom. The molecular weight excluding hydrogens is 383 g/mol. The van der Waals surface area contributed by atoms with Crippen LogP contribution in [0.25, 0.3) is 5.69 Å². The fraction of sp³-hybridized carbons (Fsp3) is 0.500. The van der Waals surface area contributed by atoms with Crippen LogP contribution in [0.2, 0.25) is 0 Å². The zero-order valence-corrected chi connectivity index (χ0v) is 18.2. The average Bonchev–Trinajstić information content (AvgIpc) is 3.35. The summed E-state index contributed by atoms with van der Waals surface area (Å²) in [5, 5.41) is 6.64. The van der Waals surface area contributed by atoms with Gasteiger partial charge in [0.2, 0.25) is 5.91 Å². The Kier molecular flexibility index (Phi) is 7.07. The van der Waals surface area contributed by atoms with Gasteiger partial charge in [0.1, 0.15) is 11.6 Å². The maximum atomic E-state index is 14.6. The predicted octanol–water partition coefficient (Wildman–Crippen LogP) is 2.63. The van der Waals surface area contributed by atoms with Crippen LogP contribution in [0.5, 0.6) is 0 Å². The number of guanidine groups is 1. The summed E-state index contributed by atoms with van der Waals surface area (Å²) >= 11 is 0. The van der Waals surface area contributed by atoms with Crippen molar-refractivity contribution in [3.8, 4) is 5.69 Å². The van der Waals surface area contributed by atoms with E-state index in [0.717, 1.165) is 30.9 Å². The van der Waals surface area contributed by atoms with Gasteiger partial charge in [-0.15, -0.1) is 0 Å². The second-order valence-electron chi connectivity index (χ2n) is 7.89. The van der Waals surface area contributed by atoms with Crippen LogP contribution in [0.15, 0.2) is 35.6 Å². The van der Waals surface area contributed by atoms with Crippen molar-refractivity contribution in [3.63, 3.8) is 0 Å². The molecule has 0 aliphatic carbocycles. The lowest BCUT2D eigenvalue weighted by Crippen LogP contribution is -2.45. The number of hydrogen-bond acceptors (Lipinski definition) is 3. The molecule has 0 saturated carbocycles. The van der Waals surface area contributed by atoms with E-state index in [1.807, 2.05) is 38.7 Å². The van der Waals surface area contributed by atoms with E-state index >= 15 is 0 Å². The molecule has 1 atom stereocenters. The van der Waals surface area contributed by atoms with Crippen LogP contribution in [0, 0.1) is 18.7 Å². The van der Waals surface area contributed by atoms with Crippen molar-refractivity contribution in [3.05, 3.63) is 47.8 Å². The second-order valence-corrected chi connectivity index (χ2v) is 7.89. The quantitative estimate of drug-likeness (QED) is 0.563. The van der Waals surface area contributed by atoms with E-state index in [0.29, 0.717) is 24.7 Å². The second kappa shape index (κ2) is 9.73. The third-order valence-corrected chi connectivity index (χ3v) is 5.20. The van der Waals surface area contributed by atoms with Gasteiger partial charge in [-0.1, -0.05) is 19.9 Å². The Morgan fingerprint density at radius 2 is 2.20 bits per heavy atom. The Hall–Kier alpha value is -2.90. The molecule has 1 fully saturated rings. The highest BCUT2D eigenvalue weighted by Crippen LogP contribution is 2.17. The Morgan fingerprint density at radius 3 is 2.83 bits per heavy atom. The highest BCUT2D eigenvalue weighted by molar-refractivity contribution is 5.81. The van der Waals surface area contributed by atoms with Crippen molar-refractivity contribution in [2.75, 3.05) is 19.6 Å². The number of aromatic nitrogens is 2. The summed E-state index contributed by atoms with van der Waals surface area (Å²) in [5.74, 6) is 1.30. The molecule has 8 heteroatoms. The number of amides is 1. The molecule has 1 saturated heterocycles. The van der Waals surface area contributed by atoms with Crippen LogP contribution < -0.4 is 10.6 Å². The van der Waals surface area contributed by atoms with E-state index < -0.39 is 0 Å². The van der Waals surface area contributed by atoms with E-state index in [4.69, 9.17) is 0 Å². The van der Waals surface area contributed by atoms with Crippen molar-refractivity contribution in [1.29, 1.82) is 0 Å². The van der Waals surface area contributed by atoms with Gasteiger partial charge >= 0.3 is 0 Å². The van der Waals surface area contributed by atoms with Crippen LogP contribution in [-0.4, -0.2) is 52.0 Å². The van der Waals surface area contributed by atoms with Crippen molar-refractivity contribution in [1.82, 2.24) is 25.1 Å². The molecule has 30 heavy (non-hydrogen) atoms. The van der Waals surface area contributed by atoms with Crippen molar-refractivity contribution in [2.24, 2.45) is 10.9 Å². The molecule has 1 unspecified atom stereocenters. The maximum absolute atomic E-state index is 14.6. The highest BCUT2D eigenvalue weighted by Gasteiger charge is 2.27. The van der Waals surface area contributed by atoms with Crippen LogP contribution in [-0.2, 0) is 11.3 Å². The fourth-order valence-electron chi connectivity index (χ4n) is 3.60. The average molecular weight is 415 g/mol. The monoisotopic (exact) mass is 414 g/mol. The molecule has 0 bridgehead atoms. The first kappa shape index (κ1) is 21.8. The molecular formula is C22H31FN6O. The van der Waals surface area contributed by atoms with Crippen LogP contribution in [0.3, 0.4) is 0 Å². The van der Waals surface area contributed by atoms with E-state index in [1.54, 1.807) is 23.0 Å². The van der Waals surface area contributed by atoms with Gasteiger partial charge in [0.15, 0.2) is 5.96 Å². The molecule has 2 heterocycles. The molecule has 0 spiro atoms. The third kappa shape index (κ3) is 5.17. The molecule has 1 aliphatic rings. The molecule has 2 aromatic rings. The molecule has 1 amide bonds. The number of aryl methyl sites for hydroxylation is 1. The van der Waals surface area contributed by atoms with E-state index in [2.05, 4.69) is 20.6 Å². The largest absolute Gasteiger partial charge is 0.357 e. The number of rotatable bonds is 6. The first-order valence-electron chi connectivity index (χ1n) is 10.5. The van der Waals surface area contributed by atoms with Gasteiger partial charge < -0.3 is 20.1 Å². The zero-order valence-electron chi connectivity index (χ0n) is 18.2. The summed E-state index contributed by atoms with van der Waals surface area (Å²) in [7, 11) is 0. The lowest BCUT2D eigenvalue weighted by atomic mass is 10.2. The van der Waals surface area contributed by atoms with Crippen LogP contribution in [0.4, 0.5) is 4.39 Å². The Labute approximate surface area is 177 Å². The maximum Gasteiger partial charge on any atom is 0.225 e. The molecule has 3 rings (SSSR count). The number of hydrogen-bond donors (Lipinski definition) is 2. The molecule has 1 aromatic heterocycles. The lowest BCUT2D eigenvalue weighted by Gasteiger charge is -2.20. The number of imidazole rings is 1. The SMILES string of the molecule is CCNC(=NCc1ccc(-n2ccnc2C)c(F)c1)NC1CCN(C(=O)C(C)C)C1. The van der Waals surface area contributed by atoms with Gasteiger partial charge in [0, 0.05) is 44.0 Å². The number of carbonyl (C=O) groups is 1. The van der Waals surface area contributed by atoms with Crippen molar-refractivity contribution >= 4 is 11.9 Å². The van der Waals surface area contributed by atoms with Crippen molar-refractivity contribution in [2.45, 2.75) is 46.7 Å². The highest BCUT2D eigenvalue weighted by atomic mass is 19.1. The molecule has 162 valence electrons. The fourth-order valence-corrected chi connectivity index (χ4v) is 3.60. The van der Waals surface area contributed by atoms with E-state index in [1.165, 1.54) is 6.07 Å². The lowest BCUT2D eigenvalue weighted by molar-refractivity contribution is -0.133. The van der Waals surface area contributed by atoms with Crippen molar-refractivity contribution < 1.29 is 9.18 Å². The summed E-state index contributed by atoms with van der Waals surface area (Å²) in [4.78, 5) is 22.8. The minimum atomic E-state index is -0.305. The van der Waals surface area contributed by atoms with E-state index in [9.17, 15) is 9.18 Å². The summed E-state index contributed by atoms with van der Waals surface area (Å²) in [5.41, 5.74) is 1.26. The summed E-state index contributed by atoms with van der Waals surface area (Å²) in [6, 6.07) is 5.31. The molecule has 7 nitrogen and oxygen atoms in total. The topological polar surface area (TPSA) is 74.6 Å². The number of halogens is 1. The van der Waals surface area contributed by atoms with Gasteiger partial charge in [-0.25, -0.2) is 14.4 Å². The first-order valence-corrected chi connectivity index (χ1v) is 10.5. The van der Waals surface area contributed by atoms with Crippen LogP contribution >= 0.6 is 0 Å². The van der Waals surface area contributed by atoms with E-state index in [-0.39, 0.29) is 23.7 Å². The zero-order chi connectivity index (χ0) is 21.7. The number of nitrogens with zero attached hydrogens (tertiary/aromatic N) is 4. The number of carbonyl (C=O) groups excluding carboxylic acids is 1. The van der Waals surface area contributed by atoms with Crippen LogP contribution in [0.1, 0.15) is 38.6 Å². The Balaban J connectivity index is 1.64. The summed E-state index contributed by atoms with van der Waals surface area (Å²) < 4.78 is 16.3. The number of benzene rings is 1. The normalized spacial score (nSPS) is 16.9. The predicted molar refractivity (Wildman–Crippen MR) is 116 cm³/mol. The molecule has 1 aromatic carbocycles. The standard InChI is InChI=1S/C22H31FN6O/c1-5-24-22(27-18-8-10-28(14-18)21(30)15(2)3)26-13-17-6-7-20(19(23)12-17)29-11-9-25-16(29)4/h6-7,9,11-12,15,18H,5,8,10,13-14H2,1-4H3,(H2,24,26,27). The minimum absolute atomic E-state index is 0.00892. The number of aliphatic imine (C=N–C) groups is 1. The number of nitrogens with one attached hydrogen (secondary N) is 2. The van der Waals surface area contributed by atoms with Gasteiger partial charge in [0.05, 0.1) is 12.2 Å². The third-order valence-electron chi connectivity index (χ3n) is 5.20.